The highest BCUT2D eigenvalue weighted by atomic mass is 32.2. The maximum absolute atomic E-state index is 11.1. The molecule has 0 rings (SSSR count). The zero-order chi connectivity index (χ0) is 9.94. The molecule has 0 aromatic heterocycles. The summed E-state index contributed by atoms with van der Waals surface area (Å²) < 4.78 is 9.72. The molecule has 0 aromatic rings. The van der Waals surface area contributed by atoms with E-state index in [1.807, 2.05) is 0 Å². The lowest BCUT2D eigenvalue weighted by Crippen LogP contribution is -2.40. The van der Waals surface area contributed by atoms with Crippen LogP contribution in [0.5, 0.6) is 0 Å². The van der Waals surface area contributed by atoms with Gasteiger partial charge in [-0.25, -0.2) is 0 Å². The quantitative estimate of drug-likeness (QED) is 0.603. The van der Waals surface area contributed by atoms with Gasteiger partial charge in [-0.2, -0.15) is 0 Å². The summed E-state index contributed by atoms with van der Waals surface area (Å²) in [4.78, 5) is 20.8. The molecule has 0 radical (unpaired) electrons. The molecule has 0 heterocycles. The Morgan fingerprint density at radius 3 is 2.17 bits per heavy atom. The van der Waals surface area contributed by atoms with Gasteiger partial charge in [0.1, 0.15) is 10.5 Å². The lowest BCUT2D eigenvalue weighted by atomic mass is 10.2. The summed E-state index contributed by atoms with van der Waals surface area (Å²) in [5.74, 6) is -2.39. The summed E-state index contributed by atoms with van der Waals surface area (Å²) in [6.45, 7) is 2.57. The van der Waals surface area contributed by atoms with Crippen LogP contribution >= 0.6 is 0 Å². The van der Waals surface area contributed by atoms with Gasteiger partial charge in [-0.3, -0.25) is 13.8 Å². The maximum Gasteiger partial charge on any atom is 0.321 e. The van der Waals surface area contributed by atoms with Gasteiger partial charge >= 0.3 is 5.97 Å². The number of hydrogen-bond donors (Lipinski definition) is 2. The van der Waals surface area contributed by atoms with Crippen LogP contribution in [0.25, 0.3) is 0 Å². The topological polar surface area (TPSA) is 97.5 Å². The third kappa shape index (κ3) is 2.61. The number of hydrogen-bond acceptors (Lipinski definition) is 3. The molecule has 0 aliphatic carbocycles. The number of nitrogens with two attached hydrogens (primary N) is 1. The van der Waals surface area contributed by atoms with Crippen molar-refractivity contribution in [3.63, 3.8) is 0 Å². The van der Waals surface area contributed by atoms with Crippen LogP contribution in [0.2, 0.25) is 0 Å². The van der Waals surface area contributed by atoms with Crippen molar-refractivity contribution < 1.29 is 18.9 Å². The Morgan fingerprint density at radius 1 is 1.50 bits per heavy atom. The van der Waals surface area contributed by atoms with E-state index in [1.165, 1.54) is 13.8 Å². The number of carbonyl (C=O) groups is 2. The third-order valence-electron chi connectivity index (χ3n) is 1.36. The minimum absolute atomic E-state index is 0.417. The van der Waals surface area contributed by atoms with Crippen molar-refractivity contribution >= 4 is 22.7 Å². The zero-order valence-electron chi connectivity index (χ0n) is 6.86. The van der Waals surface area contributed by atoms with Crippen LogP contribution in [0, 0.1) is 0 Å². The van der Waals surface area contributed by atoms with E-state index < -0.39 is 33.2 Å². The molecule has 6 heteroatoms. The Labute approximate surface area is 72.4 Å². The fourth-order valence-corrected chi connectivity index (χ4v) is 1.22. The van der Waals surface area contributed by atoms with Gasteiger partial charge < -0.3 is 10.8 Å². The molecule has 0 aliphatic rings. The number of carboxylic acids is 1. The number of amides is 1. The van der Waals surface area contributed by atoms with E-state index in [9.17, 15) is 13.8 Å². The highest BCUT2D eigenvalue weighted by molar-refractivity contribution is 7.87. The fourth-order valence-electron chi connectivity index (χ4n) is 0.407. The van der Waals surface area contributed by atoms with Crippen LogP contribution in [-0.2, 0) is 20.4 Å². The van der Waals surface area contributed by atoms with Gasteiger partial charge in [0, 0.05) is 10.8 Å². The van der Waals surface area contributed by atoms with Crippen LogP contribution in [0.3, 0.4) is 0 Å². The van der Waals surface area contributed by atoms with Crippen LogP contribution < -0.4 is 5.73 Å². The molecule has 1 amide bonds. The average Bonchev–Trinajstić information content (AvgIpc) is 1.85. The van der Waals surface area contributed by atoms with E-state index in [2.05, 4.69) is 0 Å². The van der Waals surface area contributed by atoms with E-state index >= 15 is 0 Å². The largest absolute Gasteiger partial charge is 0.480 e. The highest BCUT2D eigenvalue weighted by Gasteiger charge is 2.34. The molecule has 12 heavy (non-hydrogen) atoms. The van der Waals surface area contributed by atoms with Gasteiger partial charge in [0.25, 0.3) is 0 Å². The number of rotatable bonds is 4. The van der Waals surface area contributed by atoms with Crippen molar-refractivity contribution in [3.05, 3.63) is 0 Å². The first-order valence-corrected chi connectivity index (χ1v) is 4.50. The van der Waals surface area contributed by atoms with E-state index in [4.69, 9.17) is 10.8 Å². The van der Waals surface area contributed by atoms with Crippen molar-refractivity contribution in [2.75, 3.05) is 5.75 Å². The van der Waals surface area contributed by atoms with Gasteiger partial charge in [-0.1, -0.05) is 0 Å². The first kappa shape index (κ1) is 11.1. The van der Waals surface area contributed by atoms with Crippen molar-refractivity contribution in [1.29, 1.82) is 0 Å². The van der Waals surface area contributed by atoms with E-state index in [0.29, 0.717) is 0 Å². The van der Waals surface area contributed by atoms with Crippen LogP contribution in [0.15, 0.2) is 0 Å². The lowest BCUT2D eigenvalue weighted by Gasteiger charge is -2.16. The molecule has 0 saturated carbocycles. The van der Waals surface area contributed by atoms with Gasteiger partial charge in [0.05, 0.1) is 0 Å². The minimum Gasteiger partial charge on any atom is -0.480 e. The molecule has 0 bridgehead atoms. The third-order valence-corrected chi connectivity index (χ3v) is 3.22. The van der Waals surface area contributed by atoms with E-state index in [0.717, 1.165) is 0 Å². The standard InChI is InChI=1S/C6H11NO4S/c1-6(2,5(9)10)12(11)3-4(7)8/h3H2,1-2H3,(H2,7,8)(H,9,10). The molecule has 1 atom stereocenters. The summed E-state index contributed by atoms with van der Waals surface area (Å²) in [7, 11) is -1.76. The lowest BCUT2D eigenvalue weighted by molar-refractivity contribution is -0.139. The van der Waals surface area contributed by atoms with Gasteiger partial charge in [0.15, 0.2) is 0 Å². The molecule has 0 spiro atoms. The SMILES string of the molecule is CC(C)(C(=O)O)S(=O)CC(N)=O. The summed E-state index contributed by atoms with van der Waals surface area (Å²) >= 11 is 0. The highest BCUT2D eigenvalue weighted by Crippen LogP contribution is 2.12. The zero-order valence-corrected chi connectivity index (χ0v) is 7.68. The Hall–Kier alpha value is -0.910. The molecule has 0 saturated heterocycles. The second-order valence-electron chi connectivity index (χ2n) is 2.77. The molecular formula is C6H11NO4S. The summed E-state index contributed by atoms with van der Waals surface area (Å²) in [6, 6.07) is 0. The Balaban J connectivity index is 4.47. The number of carboxylic acid groups (broad SMARTS) is 1. The first-order valence-electron chi connectivity index (χ1n) is 3.18. The van der Waals surface area contributed by atoms with Crippen molar-refractivity contribution in [2.24, 2.45) is 5.73 Å². The van der Waals surface area contributed by atoms with Gasteiger partial charge in [-0.15, -0.1) is 0 Å². The van der Waals surface area contributed by atoms with Crippen molar-refractivity contribution in [1.82, 2.24) is 0 Å². The van der Waals surface area contributed by atoms with Crippen LogP contribution in [0.4, 0.5) is 0 Å². The van der Waals surface area contributed by atoms with Crippen LogP contribution in [-0.4, -0.2) is 31.7 Å². The predicted molar refractivity (Wildman–Crippen MR) is 43.9 cm³/mol. The number of aliphatic carboxylic acids is 1. The summed E-state index contributed by atoms with van der Waals surface area (Å²) in [6.07, 6.45) is 0. The van der Waals surface area contributed by atoms with Crippen molar-refractivity contribution in [3.8, 4) is 0 Å². The first-order chi connectivity index (χ1) is 5.28. The maximum atomic E-state index is 11.1. The normalized spacial score (nSPS) is 13.8. The molecule has 3 N–H and O–H groups in total. The molecule has 70 valence electrons. The van der Waals surface area contributed by atoms with Gasteiger partial charge in [0.2, 0.25) is 5.91 Å². The van der Waals surface area contributed by atoms with E-state index in [1.54, 1.807) is 0 Å². The molecule has 0 aromatic carbocycles. The molecule has 0 fully saturated rings. The fraction of sp³-hybridized carbons (Fsp3) is 0.667. The molecule has 1 unspecified atom stereocenters. The molecule has 5 nitrogen and oxygen atoms in total. The number of primary amides is 1. The average molecular weight is 193 g/mol. The van der Waals surface area contributed by atoms with Crippen LogP contribution in [0.1, 0.15) is 13.8 Å². The van der Waals surface area contributed by atoms with Crippen molar-refractivity contribution in [2.45, 2.75) is 18.6 Å². The minimum atomic E-state index is -1.76. The summed E-state index contributed by atoms with van der Waals surface area (Å²) in [5, 5.41) is 8.58. The summed E-state index contributed by atoms with van der Waals surface area (Å²) in [5.41, 5.74) is 4.77. The Kier molecular flexibility index (Phi) is 3.38. The molecule has 0 aliphatic heterocycles. The predicted octanol–water partition coefficient (Wildman–Crippen LogP) is -0.916. The monoisotopic (exact) mass is 193 g/mol. The smallest absolute Gasteiger partial charge is 0.321 e. The molecular weight excluding hydrogens is 182 g/mol. The Morgan fingerprint density at radius 2 is 1.92 bits per heavy atom. The second kappa shape index (κ2) is 3.66. The van der Waals surface area contributed by atoms with E-state index in [-0.39, 0.29) is 0 Å². The Bertz CT molecular complexity index is 236. The van der Waals surface area contributed by atoms with Gasteiger partial charge in [-0.05, 0) is 13.8 Å². The number of carbonyl (C=O) groups excluding carboxylic acids is 1. The second-order valence-corrected chi connectivity index (χ2v) is 4.77.